The third-order valence-corrected chi connectivity index (χ3v) is 2.90. The minimum atomic E-state index is 0.184. The molecule has 2 N–H and O–H groups in total. The van der Waals surface area contributed by atoms with Gasteiger partial charge < -0.3 is 10.6 Å². The third kappa shape index (κ3) is 4.51. The Hall–Kier alpha value is -0.0900. The average Bonchev–Trinajstić information content (AvgIpc) is 2.08. The number of hydrogen-bond donors (Lipinski definition) is 1. The molecule has 0 bridgehead atoms. The lowest BCUT2D eigenvalue weighted by molar-refractivity contribution is 0.310. The number of halogens is 2. The summed E-state index contributed by atoms with van der Waals surface area (Å²) in [5, 5.41) is 0.792. The van der Waals surface area contributed by atoms with Crippen LogP contribution in [0.4, 0.5) is 0 Å². The zero-order chi connectivity index (χ0) is 11.4. The molecule has 0 saturated heterocycles. The summed E-state index contributed by atoms with van der Waals surface area (Å²) in [5.41, 5.74) is 6.85. The highest BCUT2D eigenvalue weighted by molar-refractivity contribution is 9.10. The maximum Gasteiger partial charge on any atom is 0.0462 e. The quantitative estimate of drug-likeness (QED) is 0.924. The number of likely N-dealkylation sites (N-methyl/N-ethyl adjacent to an activating group) is 1. The second-order valence-corrected chi connectivity index (χ2v) is 5.23. The molecule has 1 aromatic rings. The monoisotopic (exact) mass is 290 g/mol. The van der Waals surface area contributed by atoms with Crippen LogP contribution >= 0.6 is 27.5 Å². The lowest BCUT2D eigenvalue weighted by Crippen LogP contribution is -2.32. The first-order chi connectivity index (χ1) is 6.99. The molecule has 2 nitrogen and oxygen atoms in total. The Labute approximate surface area is 105 Å². The van der Waals surface area contributed by atoms with Gasteiger partial charge in [0.2, 0.25) is 0 Å². The van der Waals surface area contributed by atoms with Crippen molar-refractivity contribution in [3.63, 3.8) is 0 Å². The summed E-state index contributed by atoms with van der Waals surface area (Å²) in [6, 6.07) is 6.13. The minimum absolute atomic E-state index is 0.184. The van der Waals surface area contributed by atoms with Gasteiger partial charge in [-0.25, -0.2) is 0 Å². The predicted molar refractivity (Wildman–Crippen MR) is 69.1 cm³/mol. The maximum absolute atomic E-state index is 6.12. The molecule has 0 aliphatic heterocycles. The molecule has 1 rings (SSSR count). The number of hydrogen-bond acceptors (Lipinski definition) is 2. The Bertz CT molecular complexity index is 328. The molecule has 0 amide bonds. The molecule has 0 saturated carbocycles. The van der Waals surface area contributed by atoms with Crippen molar-refractivity contribution in [2.24, 2.45) is 5.73 Å². The number of rotatable bonds is 4. The molecule has 0 aliphatic carbocycles. The Kier molecular flexibility index (Phi) is 5.06. The van der Waals surface area contributed by atoms with Crippen LogP contribution in [0.25, 0.3) is 0 Å². The Morgan fingerprint density at radius 1 is 1.53 bits per heavy atom. The summed E-state index contributed by atoms with van der Waals surface area (Å²) in [6.45, 7) is 3.69. The first kappa shape index (κ1) is 13.0. The maximum atomic E-state index is 6.12. The van der Waals surface area contributed by atoms with Gasteiger partial charge in [-0.05, 0) is 31.7 Å². The summed E-state index contributed by atoms with van der Waals surface area (Å²) in [6.07, 6.45) is 0. The molecule has 1 unspecified atom stereocenters. The topological polar surface area (TPSA) is 29.3 Å². The van der Waals surface area contributed by atoms with E-state index in [1.807, 2.05) is 32.2 Å². The molecular formula is C11H16BrClN2. The minimum Gasteiger partial charge on any atom is -0.327 e. The van der Waals surface area contributed by atoms with Gasteiger partial charge in [-0.15, -0.1) is 0 Å². The highest BCUT2D eigenvalue weighted by atomic mass is 79.9. The van der Waals surface area contributed by atoms with Crippen LogP contribution < -0.4 is 5.73 Å². The first-order valence-corrected chi connectivity index (χ1v) is 6.04. The Morgan fingerprint density at radius 2 is 2.20 bits per heavy atom. The number of nitrogens with zero attached hydrogens (tertiary/aromatic N) is 1. The SMILES string of the molecule is CC(N)CN(C)Cc1ccc(Br)cc1Cl. The summed E-state index contributed by atoms with van der Waals surface area (Å²) in [5.74, 6) is 0. The third-order valence-electron chi connectivity index (χ3n) is 2.06. The van der Waals surface area contributed by atoms with Crippen LogP contribution in [-0.2, 0) is 6.54 Å². The second-order valence-electron chi connectivity index (χ2n) is 3.91. The van der Waals surface area contributed by atoms with Crippen molar-refractivity contribution in [2.75, 3.05) is 13.6 Å². The lowest BCUT2D eigenvalue weighted by Gasteiger charge is -2.19. The fourth-order valence-electron chi connectivity index (χ4n) is 1.50. The molecule has 1 atom stereocenters. The van der Waals surface area contributed by atoms with E-state index in [0.29, 0.717) is 0 Å². The van der Waals surface area contributed by atoms with Crippen molar-refractivity contribution in [1.82, 2.24) is 4.90 Å². The van der Waals surface area contributed by atoms with E-state index in [9.17, 15) is 0 Å². The molecule has 15 heavy (non-hydrogen) atoms. The van der Waals surface area contributed by atoms with Gasteiger partial charge in [0.05, 0.1) is 0 Å². The number of nitrogens with two attached hydrogens (primary N) is 1. The fraction of sp³-hybridized carbons (Fsp3) is 0.455. The standard InChI is InChI=1S/C11H16BrClN2/c1-8(14)6-15(2)7-9-3-4-10(12)5-11(9)13/h3-5,8H,6-7,14H2,1-2H3. The first-order valence-electron chi connectivity index (χ1n) is 4.87. The highest BCUT2D eigenvalue weighted by Crippen LogP contribution is 2.22. The van der Waals surface area contributed by atoms with E-state index in [1.54, 1.807) is 0 Å². The molecular weight excluding hydrogens is 275 g/mol. The van der Waals surface area contributed by atoms with Crippen LogP contribution in [0.5, 0.6) is 0 Å². The van der Waals surface area contributed by atoms with E-state index in [-0.39, 0.29) is 6.04 Å². The van der Waals surface area contributed by atoms with Crippen molar-refractivity contribution in [2.45, 2.75) is 19.5 Å². The van der Waals surface area contributed by atoms with Crippen molar-refractivity contribution in [1.29, 1.82) is 0 Å². The fourth-order valence-corrected chi connectivity index (χ4v) is 2.23. The molecule has 0 heterocycles. The van der Waals surface area contributed by atoms with Gasteiger partial charge in [0, 0.05) is 28.6 Å². The van der Waals surface area contributed by atoms with Gasteiger partial charge in [0.25, 0.3) is 0 Å². The average molecular weight is 292 g/mol. The van der Waals surface area contributed by atoms with Crippen LogP contribution in [0.3, 0.4) is 0 Å². The smallest absolute Gasteiger partial charge is 0.0462 e. The largest absolute Gasteiger partial charge is 0.327 e. The lowest BCUT2D eigenvalue weighted by atomic mass is 10.2. The van der Waals surface area contributed by atoms with E-state index >= 15 is 0 Å². The van der Waals surface area contributed by atoms with Gasteiger partial charge in [-0.2, -0.15) is 0 Å². The number of benzene rings is 1. The summed E-state index contributed by atoms with van der Waals surface area (Å²) >= 11 is 9.51. The summed E-state index contributed by atoms with van der Waals surface area (Å²) in [7, 11) is 2.04. The van der Waals surface area contributed by atoms with E-state index in [2.05, 4.69) is 20.8 Å². The zero-order valence-electron chi connectivity index (χ0n) is 9.00. The van der Waals surface area contributed by atoms with Gasteiger partial charge in [-0.1, -0.05) is 33.6 Å². The summed E-state index contributed by atoms with van der Waals surface area (Å²) < 4.78 is 1.01. The van der Waals surface area contributed by atoms with Crippen LogP contribution in [0.1, 0.15) is 12.5 Å². The molecule has 84 valence electrons. The molecule has 0 aliphatic rings. The van der Waals surface area contributed by atoms with Crippen molar-refractivity contribution >= 4 is 27.5 Å². The Morgan fingerprint density at radius 3 is 2.73 bits per heavy atom. The second kappa shape index (κ2) is 5.85. The van der Waals surface area contributed by atoms with Gasteiger partial charge in [-0.3, -0.25) is 0 Å². The molecule has 0 spiro atoms. The molecule has 0 radical (unpaired) electrons. The molecule has 4 heteroatoms. The van der Waals surface area contributed by atoms with E-state index in [1.165, 1.54) is 0 Å². The zero-order valence-corrected chi connectivity index (χ0v) is 11.3. The molecule has 0 aromatic heterocycles. The van der Waals surface area contributed by atoms with Crippen LogP contribution in [0.15, 0.2) is 22.7 Å². The highest BCUT2D eigenvalue weighted by Gasteiger charge is 2.06. The summed E-state index contributed by atoms with van der Waals surface area (Å²) in [4.78, 5) is 2.17. The van der Waals surface area contributed by atoms with Gasteiger partial charge >= 0.3 is 0 Å². The van der Waals surface area contributed by atoms with Crippen molar-refractivity contribution in [3.8, 4) is 0 Å². The van der Waals surface area contributed by atoms with E-state index < -0.39 is 0 Å². The van der Waals surface area contributed by atoms with Crippen molar-refractivity contribution < 1.29 is 0 Å². The molecule has 1 aromatic carbocycles. The van der Waals surface area contributed by atoms with Crippen molar-refractivity contribution in [3.05, 3.63) is 33.3 Å². The molecule has 0 fully saturated rings. The Balaban J connectivity index is 2.64. The van der Waals surface area contributed by atoms with Crippen LogP contribution in [0, 0.1) is 0 Å². The van der Waals surface area contributed by atoms with Gasteiger partial charge in [0.15, 0.2) is 0 Å². The van der Waals surface area contributed by atoms with E-state index in [4.69, 9.17) is 17.3 Å². The van der Waals surface area contributed by atoms with Crippen LogP contribution in [-0.4, -0.2) is 24.5 Å². The normalized spacial score (nSPS) is 13.2. The van der Waals surface area contributed by atoms with Gasteiger partial charge in [0.1, 0.15) is 0 Å². The van der Waals surface area contributed by atoms with Crippen LogP contribution in [0.2, 0.25) is 5.02 Å². The van der Waals surface area contributed by atoms with E-state index in [0.717, 1.165) is 28.1 Å². The predicted octanol–water partition coefficient (Wildman–Crippen LogP) is 2.88.